The second-order valence-electron chi connectivity index (χ2n) is 4.17. The van der Waals surface area contributed by atoms with Crippen LogP contribution in [0.3, 0.4) is 0 Å². The minimum Gasteiger partial charge on any atom is -0.338 e. The van der Waals surface area contributed by atoms with E-state index in [4.69, 9.17) is 0 Å². The van der Waals surface area contributed by atoms with Crippen molar-refractivity contribution in [3.05, 3.63) is 47.5 Å². The highest BCUT2D eigenvalue weighted by Crippen LogP contribution is 2.18. The highest BCUT2D eigenvalue weighted by atomic mass is 19.1. The fourth-order valence-electron chi connectivity index (χ4n) is 1.86. The topological polar surface area (TPSA) is 20.3 Å². The zero-order chi connectivity index (χ0) is 12.4. The van der Waals surface area contributed by atoms with Crippen molar-refractivity contribution in [1.82, 2.24) is 4.90 Å². The van der Waals surface area contributed by atoms with Crippen LogP contribution in [0.15, 0.2) is 30.4 Å². The molecule has 1 aliphatic rings. The van der Waals surface area contributed by atoms with Gasteiger partial charge in [-0.05, 0) is 25.0 Å². The Kier molecular flexibility index (Phi) is 3.22. The van der Waals surface area contributed by atoms with Crippen molar-refractivity contribution in [1.29, 1.82) is 0 Å². The number of nitrogens with zero attached hydrogens (tertiary/aromatic N) is 1. The lowest BCUT2D eigenvalue weighted by Gasteiger charge is -2.28. The number of amides is 1. The van der Waals surface area contributed by atoms with Crippen LogP contribution in [0.2, 0.25) is 0 Å². The third-order valence-corrected chi connectivity index (χ3v) is 2.92. The van der Waals surface area contributed by atoms with Gasteiger partial charge in [0.25, 0.3) is 5.91 Å². The molecule has 1 heterocycles. The van der Waals surface area contributed by atoms with Crippen LogP contribution in [-0.2, 0) is 0 Å². The fraction of sp³-hybridized carbons (Fsp3) is 0.308. The third kappa shape index (κ3) is 2.52. The second-order valence-corrected chi connectivity index (χ2v) is 4.17. The molecule has 1 saturated heterocycles. The summed E-state index contributed by atoms with van der Waals surface area (Å²) in [5.74, 6) is -1.86. The lowest BCUT2D eigenvalue weighted by molar-refractivity contribution is 0.0739. The average Bonchev–Trinajstić information content (AvgIpc) is 2.29. The van der Waals surface area contributed by atoms with Gasteiger partial charge in [0.15, 0.2) is 0 Å². The third-order valence-electron chi connectivity index (χ3n) is 2.92. The van der Waals surface area contributed by atoms with Crippen LogP contribution in [0, 0.1) is 11.6 Å². The predicted molar refractivity (Wildman–Crippen MR) is 60.6 cm³/mol. The van der Waals surface area contributed by atoms with E-state index in [2.05, 4.69) is 6.58 Å². The molecule has 0 unspecified atom stereocenters. The maximum Gasteiger partial charge on any atom is 0.256 e. The Hall–Kier alpha value is -1.71. The van der Waals surface area contributed by atoms with Gasteiger partial charge in [-0.2, -0.15) is 0 Å². The van der Waals surface area contributed by atoms with Gasteiger partial charge in [0.05, 0.1) is 5.56 Å². The van der Waals surface area contributed by atoms with E-state index in [1.807, 2.05) is 0 Å². The van der Waals surface area contributed by atoms with E-state index in [0.29, 0.717) is 13.1 Å². The van der Waals surface area contributed by atoms with E-state index >= 15 is 0 Å². The van der Waals surface area contributed by atoms with Crippen molar-refractivity contribution in [2.75, 3.05) is 13.1 Å². The molecule has 17 heavy (non-hydrogen) atoms. The van der Waals surface area contributed by atoms with Gasteiger partial charge in [-0.15, -0.1) is 0 Å². The Morgan fingerprint density at radius 3 is 2.47 bits per heavy atom. The normalized spacial score (nSPS) is 16.1. The van der Waals surface area contributed by atoms with E-state index in [1.54, 1.807) is 4.90 Å². The summed E-state index contributed by atoms with van der Waals surface area (Å²) in [7, 11) is 0. The van der Waals surface area contributed by atoms with Crippen LogP contribution >= 0.6 is 0 Å². The standard InChI is InChI=1S/C13H13F2NO/c1-9-4-6-16(7-5-9)13(17)11-3-2-10(14)8-12(11)15/h2-3,8H,1,4-7H2. The summed E-state index contributed by atoms with van der Waals surface area (Å²) in [5, 5.41) is 0. The number of likely N-dealkylation sites (tertiary alicyclic amines) is 1. The molecule has 1 aromatic rings. The molecular weight excluding hydrogens is 224 g/mol. The molecule has 0 radical (unpaired) electrons. The molecule has 0 bridgehead atoms. The molecule has 1 amide bonds. The monoisotopic (exact) mass is 237 g/mol. The van der Waals surface area contributed by atoms with Crippen LogP contribution in [0.4, 0.5) is 8.78 Å². The highest BCUT2D eigenvalue weighted by Gasteiger charge is 2.22. The molecule has 0 N–H and O–H groups in total. The maximum absolute atomic E-state index is 13.4. The Morgan fingerprint density at radius 2 is 1.88 bits per heavy atom. The minimum absolute atomic E-state index is 0.0705. The summed E-state index contributed by atoms with van der Waals surface area (Å²) >= 11 is 0. The van der Waals surface area contributed by atoms with E-state index in [1.165, 1.54) is 6.07 Å². The van der Waals surface area contributed by atoms with E-state index in [-0.39, 0.29) is 11.5 Å². The van der Waals surface area contributed by atoms with Gasteiger partial charge in [0.1, 0.15) is 11.6 Å². The Labute approximate surface area is 98.5 Å². The molecule has 1 fully saturated rings. The van der Waals surface area contributed by atoms with Crippen molar-refractivity contribution in [2.24, 2.45) is 0 Å². The Bertz CT molecular complexity index is 460. The van der Waals surface area contributed by atoms with Crippen LogP contribution in [0.1, 0.15) is 23.2 Å². The van der Waals surface area contributed by atoms with Gasteiger partial charge in [0.2, 0.25) is 0 Å². The maximum atomic E-state index is 13.4. The molecule has 0 atom stereocenters. The summed E-state index contributed by atoms with van der Waals surface area (Å²) in [6.45, 7) is 4.95. The number of carbonyl (C=O) groups excluding carboxylic acids is 1. The van der Waals surface area contributed by atoms with Gasteiger partial charge < -0.3 is 4.90 Å². The number of benzene rings is 1. The molecule has 4 heteroatoms. The highest BCUT2D eigenvalue weighted by molar-refractivity contribution is 5.94. The van der Waals surface area contributed by atoms with E-state index in [0.717, 1.165) is 30.5 Å². The van der Waals surface area contributed by atoms with Crippen LogP contribution in [-0.4, -0.2) is 23.9 Å². The lowest BCUT2D eigenvalue weighted by atomic mass is 10.0. The average molecular weight is 237 g/mol. The SMILES string of the molecule is C=C1CCN(C(=O)c2ccc(F)cc2F)CC1. The Morgan fingerprint density at radius 1 is 1.24 bits per heavy atom. The van der Waals surface area contributed by atoms with Crippen molar-refractivity contribution >= 4 is 5.91 Å². The first kappa shape index (κ1) is 11.8. The fourth-order valence-corrected chi connectivity index (χ4v) is 1.86. The molecule has 0 spiro atoms. The smallest absolute Gasteiger partial charge is 0.256 e. The summed E-state index contributed by atoms with van der Waals surface area (Å²) in [5.41, 5.74) is 1.03. The molecular formula is C13H13F2NO. The van der Waals surface area contributed by atoms with Crippen molar-refractivity contribution < 1.29 is 13.6 Å². The van der Waals surface area contributed by atoms with Crippen molar-refractivity contribution in [3.63, 3.8) is 0 Å². The van der Waals surface area contributed by atoms with Crippen molar-refractivity contribution in [2.45, 2.75) is 12.8 Å². The molecule has 0 aromatic heterocycles. The molecule has 2 rings (SSSR count). The molecule has 1 aliphatic heterocycles. The van der Waals surface area contributed by atoms with Gasteiger partial charge in [-0.25, -0.2) is 8.78 Å². The van der Waals surface area contributed by atoms with Gasteiger partial charge >= 0.3 is 0 Å². The molecule has 1 aromatic carbocycles. The van der Waals surface area contributed by atoms with Gasteiger partial charge in [-0.1, -0.05) is 12.2 Å². The lowest BCUT2D eigenvalue weighted by Crippen LogP contribution is -2.36. The summed E-state index contributed by atoms with van der Waals surface area (Å²) in [6, 6.07) is 3.02. The summed E-state index contributed by atoms with van der Waals surface area (Å²) in [6.07, 6.45) is 1.49. The molecule has 90 valence electrons. The largest absolute Gasteiger partial charge is 0.338 e. The predicted octanol–water partition coefficient (Wildman–Crippen LogP) is 2.76. The van der Waals surface area contributed by atoms with E-state index < -0.39 is 11.6 Å². The molecule has 2 nitrogen and oxygen atoms in total. The quantitative estimate of drug-likeness (QED) is 0.688. The number of hydrogen-bond donors (Lipinski definition) is 0. The van der Waals surface area contributed by atoms with Crippen LogP contribution in [0.25, 0.3) is 0 Å². The molecule has 0 aliphatic carbocycles. The number of hydrogen-bond acceptors (Lipinski definition) is 1. The van der Waals surface area contributed by atoms with Crippen molar-refractivity contribution in [3.8, 4) is 0 Å². The number of rotatable bonds is 1. The number of piperidine rings is 1. The zero-order valence-corrected chi connectivity index (χ0v) is 9.38. The Balaban J connectivity index is 2.16. The second kappa shape index (κ2) is 4.65. The first-order chi connectivity index (χ1) is 8.08. The van der Waals surface area contributed by atoms with E-state index in [9.17, 15) is 13.6 Å². The first-order valence-electron chi connectivity index (χ1n) is 5.49. The summed E-state index contributed by atoms with van der Waals surface area (Å²) in [4.78, 5) is 13.5. The number of carbonyl (C=O) groups is 1. The number of halogens is 2. The molecule has 0 saturated carbocycles. The van der Waals surface area contributed by atoms with Crippen LogP contribution in [0.5, 0.6) is 0 Å². The van der Waals surface area contributed by atoms with Gasteiger partial charge in [-0.3, -0.25) is 4.79 Å². The minimum atomic E-state index is -0.806. The summed E-state index contributed by atoms with van der Waals surface area (Å²) < 4.78 is 26.2. The zero-order valence-electron chi connectivity index (χ0n) is 9.38. The van der Waals surface area contributed by atoms with Crippen LogP contribution < -0.4 is 0 Å². The van der Waals surface area contributed by atoms with Gasteiger partial charge in [0, 0.05) is 19.2 Å². The first-order valence-corrected chi connectivity index (χ1v) is 5.49.